The fourth-order valence-electron chi connectivity index (χ4n) is 2.18. The fraction of sp³-hybridized carbons (Fsp3) is 0.857. The Balaban J connectivity index is 5.23. The van der Waals surface area contributed by atoms with Crippen LogP contribution in [0, 0.1) is 23.2 Å². The Morgan fingerprint density at radius 1 is 1.26 bits per heavy atom. The fourth-order valence-corrected chi connectivity index (χ4v) is 2.18. The predicted octanol–water partition coefficient (Wildman–Crippen LogP) is 1.50. The van der Waals surface area contributed by atoms with Gasteiger partial charge in [-0.05, 0) is 17.8 Å². The zero-order valence-corrected chi connectivity index (χ0v) is 12.6. The average molecular weight is 273 g/mol. The number of carbonyl (C=O) groups excluding carboxylic acids is 1. The monoisotopic (exact) mass is 273 g/mol. The van der Waals surface area contributed by atoms with Gasteiger partial charge in [0.15, 0.2) is 0 Å². The van der Waals surface area contributed by atoms with Crippen LogP contribution in [0.5, 0.6) is 0 Å². The maximum absolute atomic E-state index is 12.2. The molecule has 0 saturated carbocycles. The third-order valence-electron chi connectivity index (χ3n) is 3.81. The van der Waals surface area contributed by atoms with E-state index in [2.05, 4.69) is 5.32 Å². The Labute approximate surface area is 115 Å². The van der Waals surface area contributed by atoms with E-state index in [1.165, 1.54) is 0 Å². The molecule has 0 aliphatic carbocycles. The van der Waals surface area contributed by atoms with Gasteiger partial charge in [-0.2, -0.15) is 0 Å². The molecule has 0 aliphatic heterocycles. The summed E-state index contributed by atoms with van der Waals surface area (Å²) in [6, 6.07) is 0. The highest BCUT2D eigenvalue weighted by molar-refractivity contribution is 5.85. The van der Waals surface area contributed by atoms with Gasteiger partial charge in [-0.3, -0.25) is 9.59 Å². The van der Waals surface area contributed by atoms with E-state index in [1.807, 2.05) is 27.7 Å². The second-order valence-electron chi connectivity index (χ2n) is 6.05. The van der Waals surface area contributed by atoms with Crippen LogP contribution in [0.3, 0.4) is 0 Å². The molecule has 0 bridgehead atoms. The van der Waals surface area contributed by atoms with Crippen LogP contribution >= 0.6 is 0 Å². The van der Waals surface area contributed by atoms with E-state index in [0.717, 1.165) is 0 Å². The van der Waals surface area contributed by atoms with Crippen molar-refractivity contribution in [1.29, 1.82) is 0 Å². The first-order valence-electron chi connectivity index (χ1n) is 6.78. The van der Waals surface area contributed by atoms with Crippen LogP contribution in [0.2, 0.25) is 0 Å². The maximum atomic E-state index is 12.2. The van der Waals surface area contributed by atoms with Crippen LogP contribution in [0.15, 0.2) is 0 Å². The normalized spacial score (nSPS) is 16.5. The van der Waals surface area contributed by atoms with Gasteiger partial charge in [0.25, 0.3) is 0 Å². The summed E-state index contributed by atoms with van der Waals surface area (Å²) < 4.78 is 0. The molecule has 0 aliphatic rings. The Kier molecular flexibility index (Phi) is 7.05. The highest BCUT2D eigenvalue weighted by atomic mass is 16.4. The number of carboxylic acids is 1. The Hall–Kier alpha value is -1.10. The number of hydrogen-bond acceptors (Lipinski definition) is 3. The van der Waals surface area contributed by atoms with E-state index in [0.29, 0.717) is 6.42 Å². The lowest BCUT2D eigenvalue weighted by molar-refractivity contribution is -0.150. The van der Waals surface area contributed by atoms with Crippen molar-refractivity contribution < 1.29 is 19.8 Å². The number of amides is 1. The smallest absolute Gasteiger partial charge is 0.307 e. The van der Waals surface area contributed by atoms with Crippen LogP contribution in [0.25, 0.3) is 0 Å². The zero-order valence-electron chi connectivity index (χ0n) is 12.6. The second-order valence-corrected chi connectivity index (χ2v) is 6.05. The Morgan fingerprint density at radius 3 is 2.11 bits per heavy atom. The number of nitrogens with one attached hydrogen (secondary N) is 1. The average Bonchev–Trinajstić information content (AvgIpc) is 2.30. The first-order chi connectivity index (χ1) is 8.66. The molecule has 5 nitrogen and oxygen atoms in total. The summed E-state index contributed by atoms with van der Waals surface area (Å²) in [5, 5.41) is 20.7. The van der Waals surface area contributed by atoms with Crippen molar-refractivity contribution in [3.8, 4) is 0 Å². The predicted molar refractivity (Wildman–Crippen MR) is 73.6 cm³/mol. The van der Waals surface area contributed by atoms with E-state index >= 15 is 0 Å². The van der Waals surface area contributed by atoms with Crippen molar-refractivity contribution >= 4 is 11.9 Å². The minimum Gasteiger partial charge on any atom is -0.481 e. The van der Waals surface area contributed by atoms with E-state index in [-0.39, 0.29) is 30.4 Å². The lowest BCUT2D eigenvalue weighted by Gasteiger charge is -2.36. The largest absolute Gasteiger partial charge is 0.481 e. The number of aliphatic hydroxyl groups excluding tert-OH is 1. The molecule has 0 rings (SSSR count). The SMILES string of the molecule is CCC(C(=O)O)C(C(=O)NCCO)C(C)C(C)(C)C. The molecule has 0 aromatic carbocycles. The van der Waals surface area contributed by atoms with E-state index < -0.39 is 17.8 Å². The molecule has 3 N–H and O–H groups in total. The molecule has 3 atom stereocenters. The van der Waals surface area contributed by atoms with Gasteiger partial charge in [-0.15, -0.1) is 0 Å². The third kappa shape index (κ3) is 5.19. The molecule has 1 amide bonds. The van der Waals surface area contributed by atoms with E-state index in [1.54, 1.807) is 6.92 Å². The summed E-state index contributed by atoms with van der Waals surface area (Å²) >= 11 is 0. The third-order valence-corrected chi connectivity index (χ3v) is 3.81. The number of carboxylic acid groups (broad SMARTS) is 1. The second kappa shape index (κ2) is 7.48. The molecular weight excluding hydrogens is 246 g/mol. The van der Waals surface area contributed by atoms with Crippen LogP contribution in [-0.2, 0) is 9.59 Å². The van der Waals surface area contributed by atoms with Gasteiger partial charge < -0.3 is 15.5 Å². The number of aliphatic hydroxyl groups is 1. The summed E-state index contributed by atoms with van der Waals surface area (Å²) in [4.78, 5) is 23.6. The number of rotatable bonds is 7. The summed E-state index contributed by atoms with van der Waals surface area (Å²) in [5.41, 5.74) is -0.163. The molecule has 0 spiro atoms. The van der Waals surface area contributed by atoms with Gasteiger partial charge in [0, 0.05) is 6.54 Å². The van der Waals surface area contributed by atoms with E-state index in [4.69, 9.17) is 5.11 Å². The van der Waals surface area contributed by atoms with Crippen molar-refractivity contribution in [3.05, 3.63) is 0 Å². The number of carbonyl (C=O) groups is 2. The van der Waals surface area contributed by atoms with Gasteiger partial charge in [-0.25, -0.2) is 0 Å². The molecule has 0 aromatic rings. The highest BCUT2D eigenvalue weighted by Gasteiger charge is 2.40. The van der Waals surface area contributed by atoms with Crippen molar-refractivity contribution in [3.63, 3.8) is 0 Å². The molecule has 5 heteroatoms. The van der Waals surface area contributed by atoms with Gasteiger partial charge >= 0.3 is 5.97 Å². The molecule has 112 valence electrons. The van der Waals surface area contributed by atoms with Crippen molar-refractivity contribution in [2.45, 2.75) is 41.0 Å². The van der Waals surface area contributed by atoms with Crippen LogP contribution in [0.1, 0.15) is 41.0 Å². The van der Waals surface area contributed by atoms with Gasteiger partial charge in [0.2, 0.25) is 5.91 Å². The first kappa shape index (κ1) is 17.9. The molecule has 0 saturated heterocycles. The summed E-state index contributed by atoms with van der Waals surface area (Å²) in [6.45, 7) is 9.69. The van der Waals surface area contributed by atoms with Crippen LogP contribution in [-0.4, -0.2) is 35.2 Å². The van der Waals surface area contributed by atoms with Crippen molar-refractivity contribution in [2.24, 2.45) is 23.2 Å². The van der Waals surface area contributed by atoms with Gasteiger partial charge in [0.05, 0.1) is 18.4 Å². The topological polar surface area (TPSA) is 86.6 Å². The molecule has 3 unspecified atom stereocenters. The summed E-state index contributed by atoms with van der Waals surface area (Å²) in [5.74, 6) is -2.59. The standard InChI is InChI=1S/C14H27NO4/c1-6-10(13(18)19)11(9(2)14(3,4)5)12(17)15-7-8-16/h9-11,16H,6-8H2,1-5H3,(H,15,17)(H,18,19). The summed E-state index contributed by atoms with van der Waals surface area (Å²) in [7, 11) is 0. The van der Waals surface area contributed by atoms with Gasteiger partial charge in [-0.1, -0.05) is 34.6 Å². The van der Waals surface area contributed by atoms with Gasteiger partial charge in [0.1, 0.15) is 0 Å². The molecular formula is C14H27NO4. The van der Waals surface area contributed by atoms with Crippen molar-refractivity contribution in [1.82, 2.24) is 5.32 Å². The number of aliphatic carboxylic acids is 1. The molecule has 0 aromatic heterocycles. The quantitative estimate of drug-likeness (QED) is 0.656. The number of hydrogen-bond donors (Lipinski definition) is 3. The first-order valence-corrected chi connectivity index (χ1v) is 6.78. The van der Waals surface area contributed by atoms with Crippen LogP contribution < -0.4 is 5.32 Å². The lowest BCUT2D eigenvalue weighted by Crippen LogP contribution is -2.45. The van der Waals surface area contributed by atoms with Crippen molar-refractivity contribution in [2.75, 3.05) is 13.2 Å². The zero-order chi connectivity index (χ0) is 15.2. The Morgan fingerprint density at radius 2 is 1.79 bits per heavy atom. The highest BCUT2D eigenvalue weighted by Crippen LogP contribution is 2.37. The van der Waals surface area contributed by atoms with Crippen LogP contribution in [0.4, 0.5) is 0 Å². The molecule has 0 heterocycles. The Bertz CT molecular complexity index is 309. The minimum atomic E-state index is -0.942. The van der Waals surface area contributed by atoms with E-state index in [9.17, 15) is 14.7 Å². The maximum Gasteiger partial charge on any atom is 0.307 e. The minimum absolute atomic E-state index is 0.0766. The molecule has 0 radical (unpaired) electrons. The summed E-state index contributed by atoms with van der Waals surface area (Å²) in [6.07, 6.45) is 0.410. The molecule has 0 fully saturated rings. The lowest BCUT2D eigenvalue weighted by atomic mass is 9.68. The molecule has 19 heavy (non-hydrogen) atoms.